The van der Waals surface area contributed by atoms with Crippen LogP contribution in [0, 0.1) is 0 Å². The summed E-state index contributed by atoms with van der Waals surface area (Å²) in [6, 6.07) is 0.546. The van der Waals surface area contributed by atoms with Crippen molar-refractivity contribution in [3.63, 3.8) is 0 Å². The van der Waals surface area contributed by atoms with Gasteiger partial charge in [-0.2, -0.15) is 0 Å². The van der Waals surface area contributed by atoms with Crippen molar-refractivity contribution in [2.45, 2.75) is 58.2 Å². The number of nitrogens with zero attached hydrogens (tertiary/aromatic N) is 3. The first kappa shape index (κ1) is 14.1. The van der Waals surface area contributed by atoms with E-state index >= 15 is 0 Å². The van der Waals surface area contributed by atoms with Gasteiger partial charge in [0, 0.05) is 30.8 Å². The molecular formula is C15H22N4O2. The van der Waals surface area contributed by atoms with Gasteiger partial charge in [0.15, 0.2) is 0 Å². The van der Waals surface area contributed by atoms with Crippen molar-refractivity contribution in [3.8, 4) is 0 Å². The molecule has 3 rings (SSSR count). The average Bonchev–Trinajstić information content (AvgIpc) is 3.20. The molecule has 1 N–H and O–H groups in total. The van der Waals surface area contributed by atoms with Crippen LogP contribution >= 0.6 is 0 Å². The lowest BCUT2D eigenvalue weighted by atomic mass is 10.1. The number of ether oxygens (including phenoxy) is 1. The zero-order chi connectivity index (χ0) is 15.0. The minimum absolute atomic E-state index is 0.270. The Labute approximate surface area is 124 Å². The van der Waals surface area contributed by atoms with E-state index in [4.69, 9.17) is 4.74 Å². The highest BCUT2D eigenvalue weighted by Gasteiger charge is 2.27. The number of nitrogens with one attached hydrogen (secondary N) is 1. The third-order valence-electron chi connectivity index (χ3n) is 3.50. The van der Waals surface area contributed by atoms with Gasteiger partial charge >= 0.3 is 6.09 Å². The first-order chi connectivity index (χ1) is 9.90. The second-order valence-corrected chi connectivity index (χ2v) is 6.74. The van der Waals surface area contributed by atoms with Crippen LogP contribution in [0.5, 0.6) is 0 Å². The normalized spacial score (nSPS) is 18.1. The summed E-state index contributed by atoms with van der Waals surface area (Å²) in [6.07, 6.45) is 4.70. The predicted octanol–water partition coefficient (Wildman–Crippen LogP) is 2.34. The summed E-state index contributed by atoms with van der Waals surface area (Å²) >= 11 is 0. The minimum atomic E-state index is -0.466. The largest absolute Gasteiger partial charge is 0.444 e. The van der Waals surface area contributed by atoms with Crippen LogP contribution in [0.2, 0.25) is 0 Å². The second kappa shape index (κ2) is 5.16. The number of hydrogen-bond donors (Lipinski definition) is 1. The van der Waals surface area contributed by atoms with E-state index in [-0.39, 0.29) is 6.09 Å². The third kappa shape index (κ3) is 3.62. The second-order valence-electron chi connectivity index (χ2n) is 6.74. The Balaban J connectivity index is 1.66. The molecule has 0 spiro atoms. The van der Waals surface area contributed by atoms with E-state index in [9.17, 15) is 4.79 Å². The van der Waals surface area contributed by atoms with E-state index in [1.54, 1.807) is 4.90 Å². The lowest BCUT2D eigenvalue weighted by Crippen LogP contribution is -2.40. The van der Waals surface area contributed by atoms with E-state index in [2.05, 4.69) is 15.3 Å². The van der Waals surface area contributed by atoms with E-state index in [1.807, 2.05) is 27.0 Å². The van der Waals surface area contributed by atoms with Crippen molar-refractivity contribution >= 4 is 12.0 Å². The molecule has 0 unspecified atom stereocenters. The van der Waals surface area contributed by atoms with Gasteiger partial charge in [-0.25, -0.2) is 14.8 Å². The zero-order valence-electron chi connectivity index (χ0n) is 12.8. The highest BCUT2D eigenvalue weighted by atomic mass is 16.6. The molecule has 1 saturated carbocycles. The number of rotatable bonds is 2. The molecule has 6 nitrogen and oxygen atoms in total. The molecule has 0 radical (unpaired) electrons. The summed E-state index contributed by atoms with van der Waals surface area (Å²) in [4.78, 5) is 22.7. The summed E-state index contributed by atoms with van der Waals surface area (Å²) in [5.74, 6) is 0.710. The molecule has 1 aliphatic carbocycles. The highest BCUT2D eigenvalue weighted by Crippen LogP contribution is 2.24. The monoisotopic (exact) mass is 290 g/mol. The first-order valence-corrected chi connectivity index (χ1v) is 7.50. The van der Waals surface area contributed by atoms with Crippen molar-refractivity contribution in [1.82, 2.24) is 14.9 Å². The number of carbonyl (C=O) groups is 1. The van der Waals surface area contributed by atoms with E-state index < -0.39 is 5.60 Å². The zero-order valence-corrected chi connectivity index (χ0v) is 12.8. The summed E-state index contributed by atoms with van der Waals surface area (Å²) in [5, 5.41) is 3.30. The molecule has 0 atom stereocenters. The van der Waals surface area contributed by atoms with Gasteiger partial charge in [0.05, 0.1) is 12.2 Å². The fourth-order valence-electron chi connectivity index (χ4n) is 2.28. The maximum atomic E-state index is 12.1. The van der Waals surface area contributed by atoms with Crippen LogP contribution in [-0.2, 0) is 17.7 Å². The van der Waals surface area contributed by atoms with Crippen LogP contribution in [0.25, 0.3) is 0 Å². The Kier molecular flexibility index (Phi) is 3.47. The van der Waals surface area contributed by atoms with Gasteiger partial charge in [0.1, 0.15) is 5.60 Å². The molecule has 1 aromatic heterocycles. The van der Waals surface area contributed by atoms with Crippen LogP contribution in [-0.4, -0.2) is 39.1 Å². The Bertz CT molecular complexity index is 549. The van der Waals surface area contributed by atoms with Crippen molar-refractivity contribution in [2.75, 3.05) is 11.9 Å². The van der Waals surface area contributed by atoms with Gasteiger partial charge in [-0.05, 0) is 33.6 Å². The summed E-state index contributed by atoms with van der Waals surface area (Å²) < 4.78 is 5.41. The molecular weight excluding hydrogens is 268 g/mol. The maximum absolute atomic E-state index is 12.1. The number of carbonyl (C=O) groups excluding carboxylic acids is 1. The Morgan fingerprint density at radius 2 is 2.19 bits per heavy atom. The molecule has 2 aliphatic rings. The molecule has 2 heterocycles. The summed E-state index contributed by atoms with van der Waals surface area (Å²) in [5.41, 5.74) is 1.58. The fourth-order valence-corrected chi connectivity index (χ4v) is 2.28. The third-order valence-corrected chi connectivity index (χ3v) is 3.50. The van der Waals surface area contributed by atoms with Gasteiger partial charge in [0.25, 0.3) is 0 Å². The molecule has 21 heavy (non-hydrogen) atoms. The van der Waals surface area contributed by atoms with E-state index in [0.717, 1.165) is 17.7 Å². The molecule has 1 aliphatic heterocycles. The molecule has 0 aromatic carbocycles. The summed E-state index contributed by atoms with van der Waals surface area (Å²) in [7, 11) is 0. The molecule has 1 aromatic rings. The molecule has 1 fully saturated rings. The molecule has 6 heteroatoms. The summed E-state index contributed by atoms with van der Waals surface area (Å²) in [6.45, 7) is 6.79. The number of aromatic nitrogens is 2. The van der Waals surface area contributed by atoms with Gasteiger partial charge in [0.2, 0.25) is 5.95 Å². The van der Waals surface area contributed by atoms with E-state index in [0.29, 0.717) is 25.1 Å². The number of hydrogen-bond acceptors (Lipinski definition) is 5. The predicted molar refractivity (Wildman–Crippen MR) is 79.0 cm³/mol. The topological polar surface area (TPSA) is 67.3 Å². The minimum Gasteiger partial charge on any atom is -0.444 e. The SMILES string of the molecule is CC(C)(C)OC(=O)N1CCc2nc(NC3CC3)ncc2C1. The fraction of sp³-hybridized carbons (Fsp3) is 0.667. The lowest BCUT2D eigenvalue weighted by Gasteiger charge is -2.30. The Hall–Kier alpha value is -1.85. The molecule has 0 bridgehead atoms. The van der Waals surface area contributed by atoms with Crippen molar-refractivity contribution in [3.05, 3.63) is 17.5 Å². The number of amides is 1. The molecule has 114 valence electrons. The van der Waals surface area contributed by atoms with Crippen molar-refractivity contribution in [2.24, 2.45) is 0 Å². The standard InChI is InChI=1S/C15H22N4O2/c1-15(2,3)21-14(20)19-7-6-12-10(9-19)8-16-13(18-12)17-11-4-5-11/h8,11H,4-7,9H2,1-3H3,(H,16,17,18). The van der Waals surface area contributed by atoms with Crippen LogP contribution in [0.4, 0.5) is 10.7 Å². The molecule has 0 saturated heterocycles. The van der Waals surface area contributed by atoms with Gasteiger partial charge in [-0.3, -0.25) is 0 Å². The quantitative estimate of drug-likeness (QED) is 0.905. The van der Waals surface area contributed by atoms with Crippen LogP contribution in [0.3, 0.4) is 0 Å². The Morgan fingerprint density at radius 1 is 1.43 bits per heavy atom. The van der Waals surface area contributed by atoms with Crippen LogP contribution in [0.15, 0.2) is 6.20 Å². The Morgan fingerprint density at radius 3 is 2.86 bits per heavy atom. The number of anilines is 1. The van der Waals surface area contributed by atoms with Crippen molar-refractivity contribution < 1.29 is 9.53 Å². The molecule has 1 amide bonds. The lowest BCUT2D eigenvalue weighted by molar-refractivity contribution is 0.0222. The van der Waals surface area contributed by atoms with Gasteiger partial charge in [-0.1, -0.05) is 0 Å². The van der Waals surface area contributed by atoms with Crippen molar-refractivity contribution in [1.29, 1.82) is 0 Å². The maximum Gasteiger partial charge on any atom is 0.410 e. The van der Waals surface area contributed by atoms with Gasteiger partial charge < -0.3 is 15.0 Å². The number of fused-ring (bicyclic) bond motifs is 1. The van der Waals surface area contributed by atoms with Crippen LogP contribution in [0.1, 0.15) is 44.9 Å². The van der Waals surface area contributed by atoms with Gasteiger partial charge in [-0.15, -0.1) is 0 Å². The van der Waals surface area contributed by atoms with Crippen LogP contribution < -0.4 is 5.32 Å². The average molecular weight is 290 g/mol. The smallest absolute Gasteiger partial charge is 0.410 e. The first-order valence-electron chi connectivity index (χ1n) is 7.50. The highest BCUT2D eigenvalue weighted by molar-refractivity contribution is 5.68. The van der Waals surface area contributed by atoms with E-state index in [1.165, 1.54) is 12.8 Å².